The minimum absolute atomic E-state index is 0.109. The van der Waals surface area contributed by atoms with Crippen LogP contribution in [0.1, 0.15) is 18.0 Å². The number of hydrogen-bond acceptors (Lipinski definition) is 3. The second-order valence-electron chi connectivity index (χ2n) is 2.98. The topological polar surface area (TPSA) is 66.5 Å². The van der Waals surface area contributed by atoms with E-state index in [2.05, 4.69) is 0 Å². The van der Waals surface area contributed by atoms with Crippen molar-refractivity contribution in [3.63, 3.8) is 0 Å². The first-order chi connectivity index (χ1) is 6.50. The molecule has 0 spiro atoms. The molecule has 0 bridgehead atoms. The van der Waals surface area contributed by atoms with Gasteiger partial charge in [-0.1, -0.05) is 0 Å². The molecule has 5 heteroatoms. The molecule has 0 heterocycles. The number of benzene rings is 1. The minimum atomic E-state index is -2.54. The maximum atomic E-state index is 12.0. The lowest BCUT2D eigenvalue weighted by atomic mass is 10.0. The first-order valence-electron chi connectivity index (χ1n) is 4.06. The monoisotopic (exact) mass is 203 g/mol. The van der Waals surface area contributed by atoms with E-state index >= 15 is 0 Å². The van der Waals surface area contributed by atoms with Crippen LogP contribution in [0, 0.1) is 0 Å². The SMILES string of the molecule is N[C@@H](CC(F)F)c1cc(O)ccc1O. The van der Waals surface area contributed by atoms with E-state index in [1.165, 1.54) is 18.2 Å². The fourth-order valence-corrected chi connectivity index (χ4v) is 1.16. The summed E-state index contributed by atoms with van der Waals surface area (Å²) >= 11 is 0. The molecular weight excluding hydrogens is 192 g/mol. The highest BCUT2D eigenvalue weighted by Crippen LogP contribution is 2.29. The van der Waals surface area contributed by atoms with E-state index in [0.29, 0.717) is 0 Å². The van der Waals surface area contributed by atoms with Crippen LogP contribution < -0.4 is 5.73 Å². The highest BCUT2D eigenvalue weighted by molar-refractivity contribution is 5.40. The van der Waals surface area contributed by atoms with Crippen molar-refractivity contribution in [2.75, 3.05) is 0 Å². The van der Waals surface area contributed by atoms with Gasteiger partial charge in [0.2, 0.25) is 6.43 Å². The predicted molar refractivity (Wildman–Crippen MR) is 47.3 cm³/mol. The Hall–Kier alpha value is -1.36. The van der Waals surface area contributed by atoms with Crippen molar-refractivity contribution >= 4 is 0 Å². The Balaban J connectivity index is 2.88. The summed E-state index contributed by atoms with van der Waals surface area (Å²) in [5.41, 5.74) is 5.54. The van der Waals surface area contributed by atoms with Gasteiger partial charge in [0, 0.05) is 18.0 Å². The number of hydrogen-bond donors (Lipinski definition) is 3. The zero-order valence-corrected chi connectivity index (χ0v) is 7.32. The van der Waals surface area contributed by atoms with Gasteiger partial charge < -0.3 is 15.9 Å². The van der Waals surface area contributed by atoms with Crippen LogP contribution in [-0.2, 0) is 0 Å². The van der Waals surface area contributed by atoms with E-state index in [0.717, 1.165) is 0 Å². The van der Waals surface area contributed by atoms with Crippen molar-refractivity contribution in [3.05, 3.63) is 23.8 Å². The molecular formula is C9H11F2NO2. The second-order valence-corrected chi connectivity index (χ2v) is 2.98. The summed E-state index contributed by atoms with van der Waals surface area (Å²) in [6.45, 7) is 0. The number of rotatable bonds is 3. The Bertz CT molecular complexity index is 318. The molecule has 1 rings (SSSR count). The maximum absolute atomic E-state index is 12.0. The Kier molecular flexibility index (Phi) is 3.24. The van der Waals surface area contributed by atoms with E-state index in [-0.39, 0.29) is 17.1 Å². The molecule has 0 aliphatic rings. The molecule has 0 saturated heterocycles. The Morgan fingerprint density at radius 3 is 2.50 bits per heavy atom. The molecule has 0 fully saturated rings. The van der Waals surface area contributed by atoms with Gasteiger partial charge in [0.25, 0.3) is 0 Å². The van der Waals surface area contributed by atoms with E-state index in [4.69, 9.17) is 10.8 Å². The maximum Gasteiger partial charge on any atom is 0.240 e. The molecule has 4 N–H and O–H groups in total. The van der Waals surface area contributed by atoms with Crippen molar-refractivity contribution in [2.45, 2.75) is 18.9 Å². The first-order valence-corrected chi connectivity index (χ1v) is 4.06. The average Bonchev–Trinajstić information content (AvgIpc) is 2.08. The molecule has 0 saturated carbocycles. The zero-order valence-electron chi connectivity index (χ0n) is 7.32. The third-order valence-corrected chi connectivity index (χ3v) is 1.84. The third-order valence-electron chi connectivity index (χ3n) is 1.84. The minimum Gasteiger partial charge on any atom is -0.508 e. The van der Waals surface area contributed by atoms with Crippen molar-refractivity contribution in [2.24, 2.45) is 5.73 Å². The highest BCUT2D eigenvalue weighted by atomic mass is 19.3. The molecule has 78 valence electrons. The largest absolute Gasteiger partial charge is 0.508 e. The Morgan fingerprint density at radius 1 is 1.29 bits per heavy atom. The van der Waals surface area contributed by atoms with E-state index in [1.54, 1.807) is 0 Å². The van der Waals surface area contributed by atoms with Gasteiger partial charge in [0.15, 0.2) is 0 Å². The van der Waals surface area contributed by atoms with Gasteiger partial charge in [0.1, 0.15) is 11.5 Å². The van der Waals surface area contributed by atoms with Crippen molar-refractivity contribution in [1.29, 1.82) is 0 Å². The standard InChI is InChI=1S/C9H11F2NO2/c10-9(11)4-7(12)6-3-5(13)1-2-8(6)14/h1-3,7,9,13-14H,4,12H2/t7-/m0/s1. The fraction of sp³-hybridized carbons (Fsp3) is 0.333. The van der Waals surface area contributed by atoms with Gasteiger partial charge in [-0.05, 0) is 18.2 Å². The molecule has 0 aromatic heterocycles. The van der Waals surface area contributed by atoms with Gasteiger partial charge in [-0.15, -0.1) is 0 Å². The fourth-order valence-electron chi connectivity index (χ4n) is 1.16. The van der Waals surface area contributed by atoms with Gasteiger partial charge in [-0.2, -0.15) is 0 Å². The molecule has 0 aliphatic heterocycles. The number of phenols is 2. The highest BCUT2D eigenvalue weighted by Gasteiger charge is 2.16. The summed E-state index contributed by atoms with van der Waals surface area (Å²) in [5.74, 6) is -0.293. The molecule has 0 amide bonds. The van der Waals surface area contributed by atoms with E-state index in [9.17, 15) is 13.9 Å². The first kappa shape index (κ1) is 10.7. The molecule has 1 atom stereocenters. The van der Waals surface area contributed by atoms with Crippen molar-refractivity contribution in [3.8, 4) is 11.5 Å². The van der Waals surface area contributed by atoms with Gasteiger partial charge in [-0.25, -0.2) is 8.78 Å². The summed E-state index contributed by atoms with van der Waals surface area (Å²) in [7, 11) is 0. The van der Waals surface area contributed by atoms with Crippen LogP contribution in [0.25, 0.3) is 0 Å². The average molecular weight is 203 g/mol. The molecule has 1 aromatic carbocycles. The zero-order chi connectivity index (χ0) is 10.7. The lowest BCUT2D eigenvalue weighted by molar-refractivity contribution is 0.128. The normalized spacial score (nSPS) is 13.1. The summed E-state index contributed by atoms with van der Waals surface area (Å²) in [6.07, 6.45) is -3.08. The van der Waals surface area contributed by atoms with Gasteiger partial charge in [0.05, 0.1) is 0 Å². The summed E-state index contributed by atoms with van der Waals surface area (Å²) in [5, 5.41) is 18.3. The number of halogens is 2. The molecule has 0 radical (unpaired) electrons. The van der Waals surface area contributed by atoms with Crippen LogP contribution in [0.4, 0.5) is 8.78 Å². The lowest BCUT2D eigenvalue weighted by Gasteiger charge is -2.13. The molecule has 0 unspecified atom stereocenters. The number of aromatic hydroxyl groups is 2. The smallest absolute Gasteiger partial charge is 0.240 e. The molecule has 0 aliphatic carbocycles. The molecule has 14 heavy (non-hydrogen) atoms. The summed E-state index contributed by atoms with van der Waals surface area (Å²) in [4.78, 5) is 0. The predicted octanol–water partition coefficient (Wildman–Crippen LogP) is 1.75. The van der Waals surface area contributed by atoms with Crippen LogP contribution in [0.3, 0.4) is 0 Å². The van der Waals surface area contributed by atoms with Crippen LogP contribution >= 0.6 is 0 Å². The number of alkyl halides is 2. The second kappa shape index (κ2) is 4.23. The number of nitrogens with two attached hydrogens (primary N) is 1. The van der Waals surface area contributed by atoms with E-state index in [1.807, 2.05) is 0 Å². The summed E-state index contributed by atoms with van der Waals surface area (Å²) in [6, 6.07) is 2.69. The van der Waals surface area contributed by atoms with Gasteiger partial charge >= 0.3 is 0 Å². The molecule has 3 nitrogen and oxygen atoms in total. The van der Waals surface area contributed by atoms with Gasteiger partial charge in [-0.3, -0.25) is 0 Å². The van der Waals surface area contributed by atoms with Crippen LogP contribution in [0.5, 0.6) is 11.5 Å². The lowest BCUT2D eigenvalue weighted by Crippen LogP contribution is -2.14. The molecule has 1 aromatic rings. The Morgan fingerprint density at radius 2 is 1.93 bits per heavy atom. The number of phenolic OH excluding ortho intramolecular Hbond substituents is 2. The quantitative estimate of drug-likeness (QED) is 0.655. The van der Waals surface area contributed by atoms with Crippen molar-refractivity contribution in [1.82, 2.24) is 0 Å². The van der Waals surface area contributed by atoms with Crippen LogP contribution in [0.15, 0.2) is 18.2 Å². The third kappa shape index (κ3) is 2.56. The summed E-state index contributed by atoms with van der Waals surface area (Å²) < 4.78 is 24.0. The van der Waals surface area contributed by atoms with Crippen LogP contribution in [0.2, 0.25) is 0 Å². The Labute approximate surface area is 79.8 Å². The van der Waals surface area contributed by atoms with Crippen LogP contribution in [-0.4, -0.2) is 16.6 Å². The van der Waals surface area contributed by atoms with Crippen molar-refractivity contribution < 1.29 is 19.0 Å². The van der Waals surface area contributed by atoms with E-state index < -0.39 is 18.9 Å².